The van der Waals surface area contributed by atoms with Gasteiger partial charge in [0.1, 0.15) is 0 Å². The average molecular weight is 129 g/mol. The molecule has 1 nitrogen and oxygen atoms in total. The molecule has 0 spiro atoms. The summed E-state index contributed by atoms with van der Waals surface area (Å²) in [5.41, 5.74) is 0. The predicted octanol–water partition coefficient (Wildman–Crippen LogP) is 1.95. The molecule has 0 aromatic heterocycles. The van der Waals surface area contributed by atoms with Crippen LogP contribution in [0, 0.1) is 0 Å². The Labute approximate surface area is 54.9 Å². The third-order valence-electron chi connectivity index (χ3n) is 0.739. The van der Waals surface area contributed by atoms with Gasteiger partial charge < -0.3 is 0 Å². The molecule has 0 rings (SSSR count). The van der Waals surface area contributed by atoms with Gasteiger partial charge in [-0.25, -0.2) is 0 Å². The fourth-order valence-corrected chi connectivity index (χ4v) is 0.831. The van der Waals surface area contributed by atoms with E-state index in [2.05, 4.69) is 4.99 Å². The van der Waals surface area contributed by atoms with Crippen molar-refractivity contribution in [1.82, 2.24) is 0 Å². The molecule has 0 radical (unpaired) electrons. The maximum Gasteiger partial charge on any atom is 0.0894 e. The van der Waals surface area contributed by atoms with Crippen molar-refractivity contribution in [3.63, 3.8) is 0 Å². The van der Waals surface area contributed by atoms with E-state index in [1.165, 1.54) is 0 Å². The molecule has 0 aliphatic carbocycles. The topological polar surface area (TPSA) is 12.4 Å². The smallest absolute Gasteiger partial charge is 0.0894 e. The SMILES string of the molecule is CC=CC(=NC)SC. The molecule has 8 heavy (non-hydrogen) atoms. The second-order valence-electron chi connectivity index (χ2n) is 1.27. The Balaban J connectivity index is 3.72. The summed E-state index contributed by atoms with van der Waals surface area (Å²) in [4.78, 5) is 3.99. The van der Waals surface area contributed by atoms with Crippen molar-refractivity contribution in [1.29, 1.82) is 0 Å². The maximum atomic E-state index is 3.99. The van der Waals surface area contributed by atoms with Crippen molar-refractivity contribution in [2.75, 3.05) is 13.3 Å². The van der Waals surface area contributed by atoms with Gasteiger partial charge in [0.15, 0.2) is 0 Å². The number of aliphatic imine (C=N–C) groups is 1. The van der Waals surface area contributed by atoms with Gasteiger partial charge in [0.25, 0.3) is 0 Å². The molecule has 0 heterocycles. The molecule has 0 atom stereocenters. The van der Waals surface area contributed by atoms with Crippen LogP contribution in [-0.4, -0.2) is 18.3 Å². The van der Waals surface area contributed by atoms with Crippen molar-refractivity contribution in [2.24, 2.45) is 4.99 Å². The molecule has 0 saturated heterocycles. The standard InChI is InChI=1S/C6H11NS/c1-4-5-6(7-2)8-3/h4-5H,1-3H3. The first-order chi connectivity index (χ1) is 3.85. The van der Waals surface area contributed by atoms with E-state index in [-0.39, 0.29) is 0 Å². The fraction of sp³-hybridized carbons (Fsp3) is 0.500. The van der Waals surface area contributed by atoms with Gasteiger partial charge in [-0.1, -0.05) is 6.08 Å². The number of allylic oxidation sites excluding steroid dienone is 1. The zero-order valence-corrected chi connectivity index (χ0v) is 6.33. The number of hydrogen-bond acceptors (Lipinski definition) is 2. The van der Waals surface area contributed by atoms with Gasteiger partial charge in [0.2, 0.25) is 0 Å². The Morgan fingerprint density at radius 3 is 2.38 bits per heavy atom. The first-order valence-electron chi connectivity index (χ1n) is 2.48. The summed E-state index contributed by atoms with van der Waals surface area (Å²) in [5.74, 6) is 0. The van der Waals surface area contributed by atoms with E-state index < -0.39 is 0 Å². The Hall–Kier alpha value is -0.240. The lowest BCUT2D eigenvalue weighted by molar-refractivity contribution is 1.47. The van der Waals surface area contributed by atoms with Gasteiger partial charge in [0, 0.05) is 7.05 Å². The van der Waals surface area contributed by atoms with Crippen molar-refractivity contribution < 1.29 is 0 Å². The Morgan fingerprint density at radius 2 is 2.25 bits per heavy atom. The molecule has 0 aliphatic rings. The number of rotatable bonds is 1. The maximum absolute atomic E-state index is 3.99. The normalized spacial score (nSPS) is 13.1. The van der Waals surface area contributed by atoms with Crippen LogP contribution in [0.15, 0.2) is 17.1 Å². The van der Waals surface area contributed by atoms with Crippen LogP contribution in [0.4, 0.5) is 0 Å². The van der Waals surface area contributed by atoms with E-state index in [1.54, 1.807) is 18.8 Å². The summed E-state index contributed by atoms with van der Waals surface area (Å²) in [6.07, 6.45) is 5.99. The van der Waals surface area contributed by atoms with Crippen LogP contribution < -0.4 is 0 Å². The molecule has 0 amide bonds. The molecule has 46 valence electrons. The fourth-order valence-electron chi connectivity index (χ4n) is 0.376. The zero-order valence-electron chi connectivity index (χ0n) is 5.51. The van der Waals surface area contributed by atoms with Crippen LogP contribution in [0.25, 0.3) is 0 Å². The molecule has 0 bridgehead atoms. The highest BCUT2D eigenvalue weighted by molar-refractivity contribution is 8.13. The summed E-state index contributed by atoms with van der Waals surface area (Å²) in [7, 11) is 1.80. The van der Waals surface area contributed by atoms with Crippen molar-refractivity contribution in [2.45, 2.75) is 6.92 Å². The molecule has 0 N–H and O–H groups in total. The Morgan fingerprint density at radius 1 is 1.62 bits per heavy atom. The quantitative estimate of drug-likeness (QED) is 0.389. The second kappa shape index (κ2) is 4.91. The van der Waals surface area contributed by atoms with E-state index in [1.807, 2.05) is 25.3 Å². The number of nitrogens with zero attached hydrogens (tertiary/aromatic N) is 1. The van der Waals surface area contributed by atoms with Crippen molar-refractivity contribution >= 4 is 16.8 Å². The van der Waals surface area contributed by atoms with Crippen molar-refractivity contribution in [3.05, 3.63) is 12.2 Å². The summed E-state index contributed by atoms with van der Waals surface area (Å²) in [6, 6.07) is 0. The highest BCUT2D eigenvalue weighted by Gasteiger charge is 1.82. The highest BCUT2D eigenvalue weighted by Crippen LogP contribution is 1.97. The van der Waals surface area contributed by atoms with Gasteiger partial charge in [-0.05, 0) is 19.3 Å². The predicted molar refractivity (Wildman–Crippen MR) is 41.7 cm³/mol. The lowest BCUT2D eigenvalue weighted by atomic mass is 10.6. The van der Waals surface area contributed by atoms with Crippen LogP contribution in [0.2, 0.25) is 0 Å². The molecular weight excluding hydrogens is 118 g/mol. The number of hydrogen-bond donors (Lipinski definition) is 0. The number of thioether (sulfide) groups is 1. The largest absolute Gasteiger partial charge is 0.282 e. The summed E-state index contributed by atoms with van der Waals surface area (Å²) < 4.78 is 0. The Kier molecular flexibility index (Phi) is 4.76. The molecular formula is C6H11NS. The van der Waals surface area contributed by atoms with E-state index in [0.29, 0.717) is 0 Å². The van der Waals surface area contributed by atoms with Gasteiger partial charge in [0.05, 0.1) is 5.04 Å². The van der Waals surface area contributed by atoms with Crippen LogP contribution in [0.3, 0.4) is 0 Å². The van der Waals surface area contributed by atoms with Gasteiger partial charge in [-0.3, -0.25) is 4.99 Å². The lowest BCUT2D eigenvalue weighted by Gasteiger charge is -1.88. The van der Waals surface area contributed by atoms with E-state index in [0.717, 1.165) is 5.04 Å². The van der Waals surface area contributed by atoms with Crippen molar-refractivity contribution in [3.8, 4) is 0 Å². The third-order valence-corrected chi connectivity index (χ3v) is 1.48. The van der Waals surface area contributed by atoms with Crippen LogP contribution >= 0.6 is 11.8 Å². The summed E-state index contributed by atoms with van der Waals surface area (Å²) in [6.45, 7) is 1.99. The van der Waals surface area contributed by atoms with E-state index >= 15 is 0 Å². The van der Waals surface area contributed by atoms with Crippen LogP contribution in [0.1, 0.15) is 6.92 Å². The minimum absolute atomic E-state index is 1.08. The minimum Gasteiger partial charge on any atom is -0.282 e. The molecule has 0 fully saturated rings. The van der Waals surface area contributed by atoms with Gasteiger partial charge in [-0.15, -0.1) is 11.8 Å². The Bertz CT molecular complexity index is 102. The summed E-state index contributed by atoms with van der Waals surface area (Å²) >= 11 is 1.66. The monoisotopic (exact) mass is 129 g/mol. The van der Waals surface area contributed by atoms with Crippen LogP contribution in [0.5, 0.6) is 0 Å². The van der Waals surface area contributed by atoms with Crippen LogP contribution in [-0.2, 0) is 0 Å². The lowest BCUT2D eigenvalue weighted by Crippen LogP contribution is -1.81. The molecule has 2 heteroatoms. The van der Waals surface area contributed by atoms with Gasteiger partial charge >= 0.3 is 0 Å². The first kappa shape index (κ1) is 7.76. The highest BCUT2D eigenvalue weighted by atomic mass is 32.2. The first-order valence-corrected chi connectivity index (χ1v) is 3.71. The van der Waals surface area contributed by atoms with E-state index in [4.69, 9.17) is 0 Å². The minimum atomic E-state index is 1.08. The average Bonchev–Trinajstić information content (AvgIpc) is 1.83. The zero-order chi connectivity index (χ0) is 6.41. The molecule has 0 aromatic carbocycles. The molecule has 0 saturated carbocycles. The molecule has 0 aliphatic heterocycles. The second-order valence-corrected chi connectivity index (χ2v) is 2.09. The third kappa shape index (κ3) is 2.86. The molecule has 0 aromatic rings. The molecule has 0 unspecified atom stereocenters. The van der Waals surface area contributed by atoms with E-state index in [9.17, 15) is 0 Å². The van der Waals surface area contributed by atoms with Gasteiger partial charge in [-0.2, -0.15) is 0 Å². The summed E-state index contributed by atoms with van der Waals surface area (Å²) in [5, 5.41) is 1.08.